The number of nitrogens with one attached hydrogen (secondary N) is 1. The highest BCUT2D eigenvalue weighted by Crippen LogP contribution is 2.35. The van der Waals surface area contributed by atoms with Crippen LogP contribution in [-0.2, 0) is 4.74 Å². The fraction of sp³-hybridized carbons (Fsp3) is 0.400. The first-order chi connectivity index (χ1) is 18.4. The number of H-pyrrole nitrogens is 1. The minimum absolute atomic E-state index is 0.0226. The number of rotatable bonds is 4. The van der Waals surface area contributed by atoms with Crippen LogP contribution in [0.5, 0.6) is 5.75 Å². The lowest BCUT2D eigenvalue weighted by Crippen LogP contribution is -2.41. The van der Waals surface area contributed by atoms with E-state index in [0.717, 1.165) is 6.07 Å². The molecule has 3 aromatic heterocycles. The summed E-state index contributed by atoms with van der Waals surface area (Å²) < 4.78 is 54.8. The zero-order chi connectivity index (χ0) is 27.9. The Labute approximate surface area is 219 Å². The molecule has 1 aliphatic heterocycles. The Hall–Kier alpha value is -4.36. The van der Waals surface area contributed by atoms with E-state index < -0.39 is 17.7 Å². The fourth-order valence-corrected chi connectivity index (χ4v) is 4.45. The number of halogens is 3. The van der Waals surface area contributed by atoms with Crippen molar-refractivity contribution < 1.29 is 32.0 Å². The predicted octanol–water partition coefficient (Wildman–Crippen LogP) is 4.75. The van der Waals surface area contributed by atoms with Gasteiger partial charge >= 0.3 is 12.5 Å². The predicted molar refractivity (Wildman–Crippen MR) is 131 cm³/mol. The Kier molecular flexibility index (Phi) is 6.56. The smallest absolute Gasteiger partial charge is 0.444 e. The van der Waals surface area contributed by atoms with Crippen LogP contribution in [-0.4, -0.2) is 60.8 Å². The summed E-state index contributed by atoms with van der Waals surface area (Å²) in [5.41, 5.74) is 0.262. The van der Waals surface area contributed by atoms with Gasteiger partial charge in [0.1, 0.15) is 17.0 Å². The molecule has 14 heteroatoms. The molecule has 11 nitrogen and oxygen atoms in total. The molecule has 0 bridgehead atoms. The third-order valence-electron chi connectivity index (χ3n) is 6.11. The van der Waals surface area contributed by atoms with Crippen molar-refractivity contribution >= 4 is 11.7 Å². The molecular formula is C25H25F3N6O5. The van der Waals surface area contributed by atoms with Crippen molar-refractivity contribution in [2.45, 2.75) is 51.5 Å². The lowest BCUT2D eigenvalue weighted by Gasteiger charge is -2.33. The highest BCUT2D eigenvalue weighted by Gasteiger charge is 2.33. The van der Waals surface area contributed by atoms with E-state index in [4.69, 9.17) is 9.26 Å². The average molecular weight is 547 g/mol. The first-order valence-corrected chi connectivity index (χ1v) is 12.2. The van der Waals surface area contributed by atoms with Gasteiger partial charge in [-0.25, -0.2) is 9.31 Å². The largest absolute Gasteiger partial charge is 0.573 e. The van der Waals surface area contributed by atoms with Crippen molar-refractivity contribution in [3.8, 4) is 28.6 Å². The van der Waals surface area contributed by atoms with Gasteiger partial charge in [0, 0.05) is 25.1 Å². The van der Waals surface area contributed by atoms with Crippen LogP contribution < -0.4 is 10.3 Å². The fourth-order valence-electron chi connectivity index (χ4n) is 4.45. The molecular weight excluding hydrogens is 521 g/mol. The number of benzene rings is 1. The normalized spacial score (nSPS) is 15.1. The maximum Gasteiger partial charge on any atom is 0.573 e. The Balaban J connectivity index is 1.41. The minimum atomic E-state index is -4.90. The third-order valence-corrected chi connectivity index (χ3v) is 6.11. The van der Waals surface area contributed by atoms with E-state index in [-0.39, 0.29) is 34.8 Å². The van der Waals surface area contributed by atoms with E-state index in [0.29, 0.717) is 42.8 Å². The van der Waals surface area contributed by atoms with Crippen LogP contribution in [0.4, 0.5) is 18.0 Å². The van der Waals surface area contributed by atoms with Crippen molar-refractivity contribution in [2.75, 3.05) is 13.1 Å². The second-order valence-corrected chi connectivity index (χ2v) is 10.1. The number of hydrogen-bond acceptors (Lipinski definition) is 8. The summed E-state index contributed by atoms with van der Waals surface area (Å²) in [5.74, 6) is -0.728. The van der Waals surface area contributed by atoms with Gasteiger partial charge < -0.3 is 23.9 Å². The highest BCUT2D eigenvalue weighted by molar-refractivity contribution is 5.74. The van der Waals surface area contributed by atoms with Gasteiger partial charge in [0.2, 0.25) is 5.82 Å². The van der Waals surface area contributed by atoms with Crippen molar-refractivity contribution in [1.29, 1.82) is 0 Å². The maximum atomic E-state index is 12.8. The molecule has 39 heavy (non-hydrogen) atoms. The summed E-state index contributed by atoms with van der Waals surface area (Å²) in [7, 11) is 0. The van der Waals surface area contributed by atoms with E-state index in [1.807, 2.05) is 20.8 Å². The molecule has 0 unspecified atom stereocenters. The number of ether oxygens (including phenoxy) is 2. The first kappa shape index (κ1) is 26.3. The Bertz CT molecular complexity index is 1560. The maximum absolute atomic E-state index is 12.8. The molecule has 5 rings (SSSR count). The number of hydrogen-bond donors (Lipinski definition) is 1. The van der Waals surface area contributed by atoms with E-state index in [1.165, 1.54) is 30.5 Å². The van der Waals surface area contributed by atoms with Gasteiger partial charge in [-0.1, -0.05) is 17.3 Å². The van der Waals surface area contributed by atoms with Crippen molar-refractivity contribution in [3.05, 3.63) is 52.6 Å². The van der Waals surface area contributed by atoms with Crippen molar-refractivity contribution in [2.24, 2.45) is 0 Å². The number of aromatic nitrogens is 5. The van der Waals surface area contributed by atoms with Gasteiger partial charge in [0.05, 0.1) is 23.0 Å². The quantitative estimate of drug-likeness (QED) is 0.388. The first-order valence-electron chi connectivity index (χ1n) is 12.2. The zero-order valence-electron chi connectivity index (χ0n) is 21.3. The van der Waals surface area contributed by atoms with Crippen molar-refractivity contribution in [3.63, 3.8) is 0 Å². The Morgan fingerprint density at radius 2 is 1.85 bits per heavy atom. The van der Waals surface area contributed by atoms with E-state index in [9.17, 15) is 22.8 Å². The molecule has 0 spiro atoms. The molecule has 4 aromatic rings. The number of para-hydroxylation sites is 1. The summed E-state index contributed by atoms with van der Waals surface area (Å²) in [5, 5.41) is 8.30. The van der Waals surface area contributed by atoms with Gasteiger partial charge in [-0.3, -0.25) is 4.79 Å². The van der Waals surface area contributed by atoms with Gasteiger partial charge in [0.15, 0.2) is 0 Å². The molecule has 1 amide bonds. The molecule has 1 fully saturated rings. The second-order valence-electron chi connectivity index (χ2n) is 10.1. The van der Waals surface area contributed by atoms with Gasteiger partial charge in [-0.2, -0.15) is 10.1 Å². The van der Waals surface area contributed by atoms with E-state index in [2.05, 4.69) is 25.0 Å². The lowest BCUT2D eigenvalue weighted by atomic mass is 9.93. The lowest BCUT2D eigenvalue weighted by molar-refractivity contribution is -0.274. The number of piperidine rings is 1. The molecule has 4 heterocycles. The van der Waals surface area contributed by atoms with Crippen LogP contribution in [0.25, 0.3) is 28.5 Å². The van der Waals surface area contributed by atoms with Crippen LogP contribution in [0, 0.1) is 0 Å². The van der Waals surface area contributed by atoms with Crippen LogP contribution in [0.15, 0.2) is 45.8 Å². The molecule has 1 saturated heterocycles. The molecule has 1 aliphatic rings. The molecule has 1 N–H and O–H groups in total. The number of likely N-dealkylation sites (tertiary alicyclic amines) is 1. The van der Waals surface area contributed by atoms with Gasteiger partial charge in [-0.05, 0) is 45.7 Å². The topological polar surface area (TPSA) is 128 Å². The molecule has 0 saturated carbocycles. The molecule has 0 atom stereocenters. The average Bonchev–Trinajstić information content (AvgIpc) is 3.49. The van der Waals surface area contributed by atoms with E-state index >= 15 is 0 Å². The molecule has 1 aromatic carbocycles. The standard InChI is InChI=1S/C25H25F3N6O5/c1-24(2,3)38-23(36)33-10-8-14(9-11-33)17-12-19(35)30-21-16(13-29-34(17)21)20-31-22(39-32-20)15-6-4-5-7-18(15)37-25(26,27)28/h4-7,12-14H,8-11H2,1-3H3,(H,30,35). The van der Waals surface area contributed by atoms with Gasteiger partial charge in [-0.15, -0.1) is 13.2 Å². The van der Waals surface area contributed by atoms with E-state index in [1.54, 1.807) is 9.42 Å². The minimum Gasteiger partial charge on any atom is -0.444 e. The summed E-state index contributed by atoms with van der Waals surface area (Å²) in [4.78, 5) is 33.6. The number of nitrogens with zero attached hydrogens (tertiary/aromatic N) is 5. The Morgan fingerprint density at radius 3 is 2.54 bits per heavy atom. The van der Waals surface area contributed by atoms with Crippen LogP contribution in [0.3, 0.4) is 0 Å². The number of aromatic amines is 1. The van der Waals surface area contributed by atoms with Crippen LogP contribution in [0.1, 0.15) is 45.2 Å². The molecule has 0 radical (unpaired) electrons. The summed E-state index contributed by atoms with van der Waals surface area (Å²) >= 11 is 0. The monoisotopic (exact) mass is 546 g/mol. The summed E-state index contributed by atoms with van der Waals surface area (Å²) in [6.07, 6.45) is -2.66. The van der Waals surface area contributed by atoms with Gasteiger partial charge in [0.25, 0.3) is 11.4 Å². The number of carbonyl (C=O) groups is 1. The number of alkyl halides is 3. The number of carbonyl (C=O) groups excluding carboxylic acids is 1. The zero-order valence-corrected chi connectivity index (χ0v) is 21.3. The molecule has 206 valence electrons. The number of fused-ring (bicyclic) bond motifs is 1. The Morgan fingerprint density at radius 1 is 1.13 bits per heavy atom. The SMILES string of the molecule is CC(C)(C)OC(=O)N1CCC(c2cc(=O)[nH]c3c(-c4noc(-c5ccccc5OC(F)(F)F)n4)cnn23)CC1. The summed E-state index contributed by atoms with van der Waals surface area (Å²) in [6.45, 7) is 6.33. The third kappa shape index (κ3) is 5.73. The highest BCUT2D eigenvalue weighted by atomic mass is 19.4. The molecule has 0 aliphatic carbocycles. The second kappa shape index (κ2) is 9.75. The summed E-state index contributed by atoms with van der Waals surface area (Å²) in [6, 6.07) is 6.86. The van der Waals surface area contributed by atoms with Crippen LogP contribution in [0.2, 0.25) is 0 Å². The van der Waals surface area contributed by atoms with Crippen molar-refractivity contribution in [1.82, 2.24) is 29.6 Å². The number of amides is 1. The van der Waals surface area contributed by atoms with Crippen LogP contribution >= 0.6 is 0 Å².